The van der Waals surface area contributed by atoms with Crippen molar-refractivity contribution in [2.24, 2.45) is 5.92 Å². The highest BCUT2D eigenvalue weighted by atomic mass is 16.5. The van der Waals surface area contributed by atoms with Gasteiger partial charge < -0.3 is 9.84 Å². The summed E-state index contributed by atoms with van der Waals surface area (Å²) < 4.78 is 5.24. The number of hydrogen-bond donors (Lipinski definition) is 1. The first-order valence-corrected chi connectivity index (χ1v) is 4.10. The van der Waals surface area contributed by atoms with Crippen LogP contribution in [0.25, 0.3) is 0 Å². The first kappa shape index (κ1) is 8.02. The number of ether oxygens (including phenoxy) is 1. The van der Waals surface area contributed by atoms with Gasteiger partial charge in [-0.3, -0.25) is 0 Å². The second-order valence-electron chi connectivity index (χ2n) is 2.93. The Hall–Kier alpha value is -0.0800. The second kappa shape index (κ2) is 3.94. The summed E-state index contributed by atoms with van der Waals surface area (Å²) in [6.45, 7) is 3.69. The molecule has 1 aliphatic heterocycles. The van der Waals surface area contributed by atoms with Gasteiger partial charge in [0.15, 0.2) is 0 Å². The van der Waals surface area contributed by atoms with Gasteiger partial charge in [-0.15, -0.1) is 0 Å². The van der Waals surface area contributed by atoms with Gasteiger partial charge in [0.2, 0.25) is 0 Å². The van der Waals surface area contributed by atoms with Gasteiger partial charge in [0.25, 0.3) is 0 Å². The summed E-state index contributed by atoms with van der Waals surface area (Å²) in [5.41, 5.74) is 0. The van der Waals surface area contributed by atoms with Crippen molar-refractivity contribution in [3.05, 3.63) is 0 Å². The van der Waals surface area contributed by atoms with Crippen molar-refractivity contribution in [2.75, 3.05) is 13.2 Å². The fraction of sp³-hybridized carbons (Fsp3) is 1.00. The van der Waals surface area contributed by atoms with Gasteiger partial charge in [-0.2, -0.15) is 0 Å². The minimum Gasteiger partial charge on any atom is -0.393 e. The normalized spacial score (nSPS) is 35.4. The van der Waals surface area contributed by atoms with E-state index in [0.29, 0.717) is 5.92 Å². The van der Waals surface area contributed by atoms with Crippen molar-refractivity contribution in [1.29, 1.82) is 0 Å². The summed E-state index contributed by atoms with van der Waals surface area (Å²) in [5, 5.41) is 9.47. The van der Waals surface area contributed by atoms with E-state index >= 15 is 0 Å². The van der Waals surface area contributed by atoms with Gasteiger partial charge in [-0.05, 0) is 18.8 Å². The molecule has 1 rings (SSSR count). The van der Waals surface area contributed by atoms with E-state index in [1.165, 1.54) is 0 Å². The highest BCUT2D eigenvalue weighted by Crippen LogP contribution is 2.19. The van der Waals surface area contributed by atoms with Crippen molar-refractivity contribution in [3.8, 4) is 0 Å². The highest BCUT2D eigenvalue weighted by Gasteiger charge is 2.19. The molecule has 2 nitrogen and oxygen atoms in total. The SMILES string of the molecule is CCC1CCOCCC1O. The third kappa shape index (κ3) is 1.96. The maximum Gasteiger partial charge on any atom is 0.0591 e. The van der Waals surface area contributed by atoms with E-state index in [-0.39, 0.29) is 6.10 Å². The Morgan fingerprint density at radius 3 is 2.80 bits per heavy atom. The Kier molecular flexibility index (Phi) is 3.16. The van der Waals surface area contributed by atoms with E-state index in [1.54, 1.807) is 0 Å². The largest absolute Gasteiger partial charge is 0.393 e. The Morgan fingerprint density at radius 1 is 1.40 bits per heavy atom. The van der Waals surface area contributed by atoms with E-state index in [1.807, 2.05) is 0 Å². The molecule has 60 valence electrons. The predicted octanol–water partition coefficient (Wildman–Crippen LogP) is 1.18. The van der Waals surface area contributed by atoms with Crippen LogP contribution in [0.3, 0.4) is 0 Å². The summed E-state index contributed by atoms with van der Waals surface area (Å²) in [6, 6.07) is 0. The molecule has 1 heterocycles. The lowest BCUT2D eigenvalue weighted by Crippen LogP contribution is -2.18. The van der Waals surface area contributed by atoms with Crippen LogP contribution >= 0.6 is 0 Å². The number of hydrogen-bond acceptors (Lipinski definition) is 2. The zero-order chi connectivity index (χ0) is 7.40. The molecule has 0 aromatic carbocycles. The molecule has 2 atom stereocenters. The van der Waals surface area contributed by atoms with Crippen LogP contribution in [-0.4, -0.2) is 24.4 Å². The summed E-state index contributed by atoms with van der Waals surface area (Å²) in [6.07, 6.45) is 2.80. The number of rotatable bonds is 1. The van der Waals surface area contributed by atoms with Crippen LogP contribution in [-0.2, 0) is 4.74 Å². The van der Waals surface area contributed by atoms with E-state index in [4.69, 9.17) is 4.74 Å². The Morgan fingerprint density at radius 2 is 2.10 bits per heavy atom. The van der Waals surface area contributed by atoms with Crippen molar-refractivity contribution < 1.29 is 9.84 Å². The van der Waals surface area contributed by atoms with E-state index < -0.39 is 0 Å². The molecule has 1 fully saturated rings. The van der Waals surface area contributed by atoms with Crippen LogP contribution in [0.2, 0.25) is 0 Å². The smallest absolute Gasteiger partial charge is 0.0591 e. The van der Waals surface area contributed by atoms with Crippen LogP contribution in [0.5, 0.6) is 0 Å². The molecule has 0 aromatic rings. The Bertz CT molecular complexity index is 93.3. The quantitative estimate of drug-likeness (QED) is 0.599. The van der Waals surface area contributed by atoms with Crippen molar-refractivity contribution in [1.82, 2.24) is 0 Å². The molecule has 0 aromatic heterocycles. The molecule has 1 N–H and O–H groups in total. The molecule has 0 aliphatic carbocycles. The van der Waals surface area contributed by atoms with Crippen LogP contribution in [0.4, 0.5) is 0 Å². The van der Waals surface area contributed by atoms with Gasteiger partial charge in [0, 0.05) is 13.2 Å². The van der Waals surface area contributed by atoms with Crippen LogP contribution in [0, 0.1) is 5.92 Å². The lowest BCUT2D eigenvalue weighted by Gasteiger charge is -2.16. The number of aliphatic hydroxyl groups excluding tert-OH is 1. The maximum atomic E-state index is 9.47. The summed E-state index contributed by atoms with van der Waals surface area (Å²) in [5.74, 6) is 0.475. The molecule has 1 saturated heterocycles. The molecule has 0 spiro atoms. The first-order chi connectivity index (χ1) is 4.84. The average Bonchev–Trinajstić information content (AvgIpc) is 2.13. The molecule has 0 bridgehead atoms. The minimum atomic E-state index is -0.118. The van der Waals surface area contributed by atoms with Crippen molar-refractivity contribution >= 4 is 0 Å². The third-order valence-corrected chi connectivity index (χ3v) is 2.26. The molecule has 0 saturated carbocycles. The summed E-state index contributed by atoms with van der Waals surface area (Å²) in [7, 11) is 0. The van der Waals surface area contributed by atoms with Gasteiger partial charge in [0.05, 0.1) is 6.10 Å². The van der Waals surface area contributed by atoms with Crippen LogP contribution in [0.15, 0.2) is 0 Å². The van der Waals surface area contributed by atoms with E-state index in [2.05, 4.69) is 6.92 Å². The monoisotopic (exact) mass is 144 g/mol. The molecule has 10 heavy (non-hydrogen) atoms. The molecule has 2 unspecified atom stereocenters. The minimum absolute atomic E-state index is 0.118. The number of aliphatic hydroxyl groups is 1. The summed E-state index contributed by atoms with van der Waals surface area (Å²) in [4.78, 5) is 0. The zero-order valence-electron chi connectivity index (χ0n) is 6.55. The van der Waals surface area contributed by atoms with Crippen molar-refractivity contribution in [3.63, 3.8) is 0 Å². The average molecular weight is 144 g/mol. The Labute approximate surface area is 62.2 Å². The van der Waals surface area contributed by atoms with E-state index in [0.717, 1.165) is 32.5 Å². The molecule has 1 aliphatic rings. The molecule has 2 heteroatoms. The van der Waals surface area contributed by atoms with Crippen LogP contribution < -0.4 is 0 Å². The fourth-order valence-corrected chi connectivity index (χ4v) is 1.45. The van der Waals surface area contributed by atoms with E-state index in [9.17, 15) is 5.11 Å². The lowest BCUT2D eigenvalue weighted by atomic mass is 9.95. The molecule has 0 amide bonds. The predicted molar refractivity (Wildman–Crippen MR) is 39.8 cm³/mol. The topological polar surface area (TPSA) is 29.5 Å². The fourth-order valence-electron chi connectivity index (χ4n) is 1.45. The highest BCUT2D eigenvalue weighted by molar-refractivity contribution is 4.69. The van der Waals surface area contributed by atoms with Gasteiger partial charge in [0.1, 0.15) is 0 Å². The maximum absolute atomic E-state index is 9.47. The van der Waals surface area contributed by atoms with Gasteiger partial charge >= 0.3 is 0 Å². The zero-order valence-corrected chi connectivity index (χ0v) is 6.55. The van der Waals surface area contributed by atoms with Gasteiger partial charge in [-0.25, -0.2) is 0 Å². The van der Waals surface area contributed by atoms with Crippen LogP contribution in [0.1, 0.15) is 26.2 Å². The third-order valence-electron chi connectivity index (χ3n) is 2.26. The standard InChI is InChI=1S/C8H16O2/c1-2-7-3-5-10-6-4-8(7)9/h7-9H,2-6H2,1H3. The molecular weight excluding hydrogens is 128 g/mol. The Balaban J connectivity index is 2.35. The molecular formula is C8H16O2. The van der Waals surface area contributed by atoms with Gasteiger partial charge in [-0.1, -0.05) is 13.3 Å². The lowest BCUT2D eigenvalue weighted by molar-refractivity contribution is 0.0953. The molecule has 0 radical (unpaired) electrons. The second-order valence-corrected chi connectivity index (χ2v) is 2.93. The first-order valence-electron chi connectivity index (χ1n) is 4.10. The summed E-state index contributed by atoms with van der Waals surface area (Å²) >= 11 is 0. The van der Waals surface area contributed by atoms with Crippen molar-refractivity contribution in [2.45, 2.75) is 32.3 Å².